The van der Waals surface area contributed by atoms with Gasteiger partial charge in [0.2, 0.25) is 0 Å². The summed E-state index contributed by atoms with van der Waals surface area (Å²) in [7, 11) is 4.33. The number of rotatable bonds is 3. The lowest BCUT2D eigenvalue weighted by atomic mass is 9.97. The van der Waals surface area contributed by atoms with Crippen LogP contribution in [0.2, 0.25) is 5.02 Å². The van der Waals surface area contributed by atoms with Crippen molar-refractivity contribution < 1.29 is 0 Å². The van der Waals surface area contributed by atoms with Crippen molar-refractivity contribution in [3.05, 3.63) is 34.9 Å². The van der Waals surface area contributed by atoms with E-state index in [9.17, 15) is 0 Å². The summed E-state index contributed by atoms with van der Waals surface area (Å²) >= 11 is 5.89. The Morgan fingerprint density at radius 3 is 2.61 bits per heavy atom. The molecule has 2 N–H and O–H groups in total. The van der Waals surface area contributed by atoms with Crippen molar-refractivity contribution >= 4 is 11.6 Å². The summed E-state index contributed by atoms with van der Waals surface area (Å²) in [5.41, 5.74) is 7.63. The topological polar surface area (TPSA) is 32.5 Å². The lowest BCUT2D eigenvalue weighted by molar-refractivity contribution is 0.0973. The Morgan fingerprint density at radius 1 is 1.28 bits per heavy atom. The van der Waals surface area contributed by atoms with Crippen LogP contribution >= 0.6 is 11.6 Å². The first-order valence-corrected chi connectivity index (χ1v) is 6.83. The van der Waals surface area contributed by atoms with Gasteiger partial charge in [0.25, 0.3) is 0 Å². The highest BCUT2D eigenvalue weighted by atomic mass is 35.5. The van der Waals surface area contributed by atoms with Crippen LogP contribution in [-0.2, 0) is 6.42 Å². The van der Waals surface area contributed by atoms with Gasteiger partial charge in [0, 0.05) is 36.7 Å². The van der Waals surface area contributed by atoms with E-state index in [1.165, 1.54) is 5.56 Å². The van der Waals surface area contributed by atoms with Crippen molar-refractivity contribution in [2.75, 3.05) is 33.7 Å². The second-order valence-corrected chi connectivity index (χ2v) is 5.74. The van der Waals surface area contributed by atoms with Gasteiger partial charge in [-0.25, -0.2) is 0 Å². The number of likely N-dealkylation sites (N-methyl/N-ethyl adjacent to an activating group) is 2. The number of benzene rings is 1. The SMILES string of the molecule is CN1CCN(C)C(C(N)Cc2ccc(Cl)cc2)C1. The van der Waals surface area contributed by atoms with E-state index in [4.69, 9.17) is 17.3 Å². The van der Waals surface area contributed by atoms with Crippen LogP contribution < -0.4 is 5.73 Å². The molecule has 3 nitrogen and oxygen atoms in total. The number of hydrogen-bond donors (Lipinski definition) is 1. The Bertz CT molecular complexity index is 379. The van der Waals surface area contributed by atoms with E-state index >= 15 is 0 Å². The second kappa shape index (κ2) is 6.02. The van der Waals surface area contributed by atoms with E-state index in [1.54, 1.807) is 0 Å². The van der Waals surface area contributed by atoms with Gasteiger partial charge in [-0.2, -0.15) is 0 Å². The van der Waals surface area contributed by atoms with E-state index in [-0.39, 0.29) is 6.04 Å². The Labute approximate surface area is 115 Å². The molecule has 1 aliphatic heterocycles. The normalized spacial score (nSPS) is 24.1. The molecule has 2 rings (SSSR count). The van der Waals surface area contributed by atoms with E-state index in [2.05, 4.69) is 36.0 Å². The van der Waals surface area contributed by atoms with Gasteiger partial charge in [0.05, 0.1) is 0 Å². The monoisotopic (exact) mass is 267 g/mol. The van der Waals surface area contributed by atoms with Crippen molar-refractivity contribution in [3.63, 3.8) is 0 Å². The fourth-order valence-corrected chi connectivity index (χ4v) is 2.66. The number of nitrogens with two attached hydrogens (primary N) is 1. The van der Waals surface area contributed by atoms with E-state index in [0.717, 1.165) is 31.1 Å². The Morgan fingerprint density at radius 2 is 1.94 bits per heavy atom. The third kappa shape index (κ3) is 3.45. The van der Waals surface area contributed by atoms with Crippen molar-refractivity contribution in [3.8, 4) is 0 Å². The third-order valence-electron chi connectivity index (χ3n) is 3.78. The van der Waals surface area contributed by atoms with Gasteiger partial charge in [-0.3, -0.25) is 4.90 Å². The van der Waals surface area contributed by atoms with Crippen LogP contribution in [0.25, 0.3) is 0 Å². The minimum Gasteiger partial charge on any atom is -0.326 e. The molecule has 2 atom stereocenters. The van der Waals surface area contributed by atoms with Gasteiger partial charge in [-0.05, 0) is 38.2 Å². The number of hydrogen-bond acceptors (Lipinski definition) is 3. The maximum Gasteiger partial charge on any atom is 0.0406 e. The fraction of sp³-hybridized carbons (Fsp3) is 0.571. The predicted molar refractivity (Wildman–Crippen MR) is 77.0 cm³/mol. The summed E-state index contributed by atoms with van der Waals surface area (Å²) in [4.78, 5) is 4.73. The summed E-state index contributed by atoms with van der Waals surface area (Å²) in [5.74, 6) is 0. The summed E-state index contributed by atoms with van der Waals surface area (Å²) in [5, 5.41) is 0.779. The lowest BCUT2D eigenvalue weighted by Crippen LogP contribution is -2.58. The molecule has 1 fully saturated rings. The molecule has 4 heteroatoms. The molecular weight excluding hydrogens is 246 g/mol. The Kier molecular flexibility index (Phi) is 4.62. The highest BCUT2D eigenvalue weighted by molar-refractivity contribution is 6.30. The molecule has 100 valence electrons. The summed E-state index contributed by atoms with van der Waals surface area (Å²) < 4.78 is 0. The quantitative estimate of drug-likeness (QED) is 0.900. The molecule has 1 aliphatic rings. The molecule has 0 bridgehead atoms. The molecule has 18 heavy (non-hydrogen) atoms. The predicted octanol–water partition coefficient (Wildman–Crippen LogP) is 1.46. The zero-order valence-corrected chi connectivity index (χ0v) is 11.9. The van der Waals surface area contributed by atoms with Crippen LogP contribution in [0.4, 0.5) is 0 Å². The van der Waals surface area contributed by atoms with Gasteiger partial charge in [0.1, 0.15) is 0 Å². The minimum absolute atomic E-state index is 0.166. The van der Waals surface area contributed by atoms with Crippen LogP contribution in [0.15, 0.2) is 24.3 Å². The number of nitrogens with zero attached hydrogens (tertiary/aromatic N) is 2. The van der Waals surface area contributed by atoms with Crippen molar-refractivity contribution in [2.45, 2.75) is 18.5 Å². The molecular formula is C14H22ClN3. The fourth-order valence-electron chi connectivity index (χ4n) is 2.54. The van der Waals surface area contributed by atoms with Crippen molar-refractivity contribution in [1.82, 2.24) is 9.80 Å². The van der Waals surface area contributed by atoms with E-state index in [1.807, 2.05) is 12.1 Å². The average Bonchev–Trinajstić information content (AvgIpc) is 2.35. The molecule has 1 aromatic rings. The molecule has 0 spiro atoms. The molecule has 2 unspecified atom stereocenters. The van der Waals surface area contributed by atoms with Gasteiger partial charge in [-0.1, -0.05) is 23.7 Å². The van der Waals surface area contributed by atoms with Gasteiger partial charge < -0.3 is 10.6 Å². The number of piperazine rings is 1. The first-order valence-electron chi connectivity index (χ1n) is 6.45. The highest BCUT2D eigenvalue weighted by Crippen LogP contribution is 2.15. The van der Waals surface area contributed by atoms with Crippen molar-refractivity contribution in [1.29, 1.82) is 0 Å². The number of halogens is 1. The van der Waals surface area contributed by atoms with Crippen LogP contribution in [0.5, 0.6) is 0 Å². The maximum absolute atomic E-state index is 6.37. The highest BCUT2D eigenvalue weighted by Gasteiger charge is 2.27. The molecule has 0 radical (unpaired) electrons. The van der Waals surface area contributed by atoms with Crippen molar-refractivity contribution in [2.24, 2.45) is 5.73 Å². The standard InChI is InChI=1S/C14H22ClN3/c1-17-7-8-18(2)14(10-17)13(16)9-11-3-5-12(15)6-4-11/h3-6,13-14H,7-10,16H2,1-2H3. The molecule has 0 saturated carbocycles. The third-order valence-corrected chi connectivity index (χ3v) is 4.03. The van der Waals surface area contributed by atoms with E-state index in [0.29, 0.717) is 6.04 Å². The van der Waals surface area contributed by atoms with Crippen LogP contribution in [-0.4, -0.2) is 55.6 Å². The maximum atomic E-state index is 6.37. The molecule has 0 amide bonds. The zero-order valence-electron chi connectivity index (χ0n) is 11.1. The lowest BCUT2D eigenvalue weighted by Gasteiger charge is -2.40. The smallest absolute Gasteiger partial charge is 0.0406 e. The van der Waals surface area contributed by atoms with Gasteiger partial charge in [0.15, 0.2) is 0 Å². The first kappa shape index (κ1) is 13.8. The van der Waals surface area contributed by atoms with Crippen LogP contribution in [0.3, 0.4) is 0 Å². The van der Waals surface area contributed by atoms with Gasteiger partial charge in [-0.15, -0.1) is 0 Å². The van der Waals surface area contributed by atoms with Crippen LogP contribution in [0, 0.1) is 0 Å². The summed E-state index contributed by atoms with van der Waals surface area (Å²) in [6.45, 7) is 3.27. The molecule has 1 heterocycles. The molecule has 1 aromatic carbocycles. The molecule has 0 aliphatic carbocycles. The molecule has 1 saturated heterocycles. The Hall–Kier alpha value is -0.610. The first-order chi connectivity index (χ1) is 8.56. The largest absolute Gasteiger partial charge is 0.326 e. The zero-order chi connectivity index (χ0) is 13.1. The minimum atomic E-state index is 0.166. The van der Waals surface area contributed by atoms with Gasteiger partial charge >= 0.3 is 0 Å². The average molecular weight is 268 g/mol. The second-order valence-electron chi connectivity index (χ2n) is 5.30. The Balaban J connectivity index is 1.98. The summed E-state index contributed by atoms with van der Waals surface area (Å²) in [6.07, 6.45) is 0.903. The molecule has 0 aromatic heterocycles. The van der Waals surface area contributed by atoms with E-state index < -0.39 is 0 Å². The van der Waals surface area contributed by atoms with Crippen LogP contribution in [0.1, 0.15) is 5.56 Å². The summed E-state index contributed by atoms with van der Waals surface area (Å²) in [6, 6.07) is 8.59.